The van der Waals surface area contributed by atoms with Crippen LogP contribution in [0.2, 0.25) is 0 Å². The fourth-order valence-electron chi connectivity index (χ4n) is 2.26. The van der Waals surface area contributed by atoms with E-state index in [0.717, 1.165) is 22.5 Å². The zero-order chi connectivity index (χ0) is 18.8. The Morgan fingerprint density at radius 1 is 1.08 bits per heavy atom. The molecule has 0 saturated carbocycles. The third kappa shape index (κ3) is 7.25. The van der Waals surface area contributed by atoms with Crippen LogP contribution in [-0.2, 0) is 9.53 Å². The number of hydrogen-bond donors (Lipinski definition) is 0. The average Bonchev–Trinajstić information content (AvgIpc) is 2.55. The molecule has 0 aliphatic rings. The summed E-state index contributed by atoms with van der Waals surface area (Å²) in [5.74, 6) is 0.601. The lowest BCUT2D eigenvalue weighted by Crippen LogP contribution is -1.99. The van der Waals surface area contributed by atoms with Crippen LogP contribution in [0.25, 0.3) is 6.08 Å². The van der Waals surface area contributed by atoms with Crippen LogP contribution in [0.15, 0.2) is 53.7 Å². The summed E-state index contributed by atoms with van der Waals surface area (Å²) in [5.41, 5.74) is 5.44. The highest BCUT2D eigenvalue weighted by Crippen LogP contribution is 2.23. The molecule has 0 spiro atoms. The Morgan fingerprint density at radius 3 is 2.44 bits per heavy atom. The Bertz CT molecular complexity index is 719. The summed E-state index contributed by atoms with van der Waals surface area (Å²) in [6.07, 6.45) is 11.5. The Hall–Kier alpha value is -2.55. The van der Waals surface area contributed by atoms with Crippen molar-refractivity contribution < 1.29 is 14.3 Å². The molecule has 0 fully saturated rings. The second-order valence-electron chi connectivity index (χ2n) is 5.92. The number of esters is 1. The van der Waals surface area contributed by atoms with Crippen LogP contribution in [0, 0.1) is 13.8 Å². The number of rotatable bonds is 7. The molecule has 1 rings (SSSR count). The summed E-state index contributed by atoms with van der Waals surface area (Å²) in [7, 11) is 1.69. The molecule has 3 heteroatoms. The van der Waals surface area contributed by atoms with E-state index in [1.54, 1.807) is 14.0 Å². The highest BCUT2D eigenvalue weighted by atomic mass is 16.5. The molecule has 0 bridgehead atoms. The minimum Gasteiger partial charge on any atom is -0.496 e. The van der Waals surface area contributed by atoms with E-state index in [1.807, 2.05) is 39.0 Å². The van der Waals surface area contributed by atoms with Gasteiger partial charge in [0.2, 0.25) is 0 Å². The standard InChI is InChI=1S/C22H28O3/c1-7-25-22(23)13-17(3)10-8-9-16(2)11-12-20-14-19(5)21(24-6)15-18(20)4/h8-15H,7H2,1-6H3/b10-8+,12-11+,16-9+,17-13+. The SMILES string of the molecule is CCOC(=O)/C=C(C)/C=C/C=C(C)/C=C/c1cc(C)c(OC)cc1C. The predicted octanol–water partition coefficient (Wildman–Crippen LogP) is 5.34. The molecule has 0 aliphatic heterocycles. The first kappa shape index (κ1) is 20.5. The number of carbonyl (C=O) groups is 1. The van der Waals surface area contributed by atoms with E-state index in [4.69, 9.17) is 9.47 Å². The fourth-order valence-corrected chi connectivity index (χ4v) is 2.26. The van der Waals surface area contributed by atoms with Crippen LogP contribution in [0.1, 0.15) is 37.5 Å². The van der Waals surface area contributed by atoms with Gasteiger partial charge in [-0.15, -0.1) is 0 Å². The van der Waals surface area contributed by atoms with Crippen LogP contribution >= 0.6 is 0 Å². The first-order valence-corrected chi connectivity index (χ1v) is 8.40. The number of ether oxygens (including phenoxy) is 2. The molecule has 1 aromatic carbocycles. The van der Waals surface area contributed by atoms with Crippen LogP contribution in [0.5, 0.6) is 5.75 Å². The van der Waals surface area contributed by atoms with Crippen molar-refractivity contribution in [1.29, 1.82) is 0 Å². The smallest absolute Gasteiger partial charge is 0.330 e. The first-order valence-electron chi connectivity index (χ1n) is 8.40. The van der Waals surface area contributed by atoms with Crippen LogP contribution in [-0.4, -0.2) is 19.7 Å². The summed E-state index contributed by atoms with van der Waals surface area (Å²) in [6, 6.07) is 4.18. The molecule has 1 aromatic rings. The number of carbonyl (C=O) groups excluding carboxylic acids is 1. The summed E-state index contributed by atoms with van der Waals surface area (Å²) >= 11 is 0. The van der Waals surface area contributed by atoms with E-state index in [1.165, 1.54) is 17.2 Å². The predicted molar refractivity (Wildman–Crippen MR) is 105 cm³/mol. The molecule has 134 valence electrons. The van der Waals surface area contributed by atoms with E-state index in [2.05, 4.69) is 31.2 Å². The van der Waals surface area contributed by atoms with Gasteiger partial charge in [-0.3, -0.25) is 0 Å². The maximum Gasteiger partial charge on any atom is 0.330 e. The molecule has 0 saturated heterocycles. The number of hydrogen-bond acceptors (Lipinski definition) is 3. The summed E-state index contributed by atoms with van der Waals surface area (Å²) < 4.78 is 10.2. The zero-order valence-corrected chi connectivity index (χ0v) is 16.1. The van der Waals surface area contributed by atoms with Gasteiger partial charge in [-0.2, -0.15) is 0 Å². The second-order valence-corrected chi connectivity index (χ2v) is 5.92. The Morgan fingerprint density at radius 2 is 1.80 bits per heavy atom. The van der Waals surface area contributed by atoms with Crippen molar-refractivity contribution in [1.82, 2.24) is 0 Å². The van der Waals surface area contributed by atoms with Crippen LogP contribution in [0.4, 0.5) is 0 Å². The molecule has 0 N–H and O–H groups in total. The summed E-state index contributed by atoms with van der Waals surface area (Å²) in [4.78, 5) is 11.3. The van der Waals surface area contributed by atoms with Gasteiger partial charge >= 0.3 is 5.97 Å². The van der Waals surface area contributed by atoms with Crippen molar-refractivity contribution in [2.24, 2.45) is 0 Å². The molecule has 0 heterocycles. The van der Waals surface area contributed by atoms with Gasteiger partial charge in [0, 0.05) is 6.08 Å². The molecule has 0 aliphatic carbocycles. The third-order valence-corrected chi connectivity index (χ3v) is 3.66. The summed E-state index contributed by atoms with van der Waals surface area (Å²) in [5, 5.41) is 0. The number of allylic oxidation sites excluding steroid dienone is 6. The van der Waals surface area contributed by atoms with Gasteiger partial charge in [0.25, 0.3) is 0 Å². The lowest BCUT2D eigenvalue weighted by atomic mass is 10.0. The fraction of sp³-hybridized carbons (Fsp3) is 0.318. The van der Waals surface area contributed by atoms with E-state index in [-0.39, 0.29) is 5.97 Å². The molecule has 0 unspecified atom stereocenters. The van der Waals surface area contributed by atoms with Crippen molar-refractivity contribution in [2.45, 2.75) is 34.6 Å². The molecule has 0 aromatic heterocycles. The number of benzene rings is 1. The Kier molecular flexibility index (Phi) is 8.48. The van der Waals surface area contributed by atoms with Gasteiger partial charge in [0.1, 0.15) is 5.75 Å². The normalized spacial score (nSPS) is 12.9. The molecule has 0 atom stereocenters. The van der Waals surface area contributed by atoms with Gasteiger partial charge in [-0.05, 0) is 69.0 Å². The number of aryl methyl sites for hydroxylation is 2. The molecule has 0 radical (unpaired) electrons. The minimum atomic E-state index is -0.310. The van der Waals surface area contributed by atoms with E-state index in [9.17, 15) is 4.79 Å². The van der Waals surface area contributed by atoms with Crippen LogP contribution in [0.3, 0.4) is 0 Å². The lowest BCUT2D eigenvalue weighted by Gasteiger charge is -2.08. The molecular weight excluding hydrogens is 312 g/mol. The minimum absolute atomic E-state index is 0.310. The van der Waals surface area contributed by atoms with E-state index >= 15 is 0 Å². The van der Waals surface area contributed by atoms with Gasteiger partial charge in [-0.25, -0.2) is 4.79 Å². The van der Waals surface area contributed by atoms with Gasteiger partial charge in [-0.1, -0.05) is 36.0 Å². The monoisotopic (exact) mass is 340 g/mol. The largest absolute Gasteiger partial charge is 0.496 e. The quantitative estimate of drug-likeness (QED) is 0.382. The van der Waals surface area contributed by atoms with Crippen molar-refractivity contribution in [2.75, 3.05) is 13.7 Å². The first-order chi connectivity index (χ1) is 11.9. The van der Waals surface area contributed by atoms with Gasteiger partial charge in [0.15, 0.2) is 0 Å². The molecular formula is C22H28O3. The third-order valence-electron chi connectivity index (χ3n) is 3.66. The number of methoxy groups -OCH3 is 1. The Balaban J connectivity index is 2.78. The highest BCUT2D eigenvalue weighted by Gasteiger charge is 2.02. The average molecular weight is 340 g/mol. The Labute approximate surface area is 151 Å². The topological polar surface area (TPSA) is 35.5 Å². The second kappa shape index (κ2) is 10.3. The van der Waals surface area contributed by atoms with E-state index in [0.29, 0.717) is 6.61 Å². The highest BCUT2D eigenvalue weighted by molar-refractivity contribution is 5.83. The maximum atomic E-state index is 11.3. The lowest BCUT2D eigenvalue weighted by molar-refractivity contribution is -0.137. The van der Waals surface area contributed by atoms with Gasteiger partial charge in [0.05, 0.1) is 13.7 Å². The van der Waals surface area contributed by atoms with Crippen LogP contribution < -0.4 is 4.74 Å². The molecule has 0 amide bonds. The summed E-state index contributed by atoms with van der Waals surface area (Å²) in [6.45, 7) is 10.2. The van der Waals surface area contributed by atoms with Crippen molar-refractivity contribution in [3.8, 4) is 5.75 Å². The van der Waals surface area contributed by atoms with Gasteiger partial charge < -0.3 is 9.47 Å². The zero-order valence-electron chi connectivity index (χ0n) is 16.1. The molecule has 25 heavy (non-hydrogen) atoms. The van der Waals surface area contributed by atoms with Crippen molar-refractivity contribution >= 4 is 12.0 Å². The maximum absolute atomic E-state index is 11.3. The van der Waals surface area contributed by atoms with E-state index < -0.39 is 0 Å². The van der Waals surface area contributed by atoms with Crippen molar-refractivity contribution in [3.63, 3.8) is 0 Å². The molecule has 3 nitrogen and oxygen atoms in total. The van der Waals surface area contributed by atoms with Crippen molar-refractivity contribution in [3.05, 3.63) is 70.3 Å².